The quantitative estimate of drug-likeness (QED) is 0.797. The third-order valence-electron chi connectivity index (χ3n) is 3.59. The zero-order valence-electron chi connectivity index (χ0n) is 12.3. The molecule has 0 saturated heterocycles. The first-order valence-corrected chi connectivity index (χ1v) is 6.97. The Morgan fingerprint density at radius 1 is 1.24 bits per heavy atom. The van der Waals surface area contributed by atoms with Crippen LogP contribution >= 0.6 is 0 Å². The van der Waals surface area contributed by atoms with Gasteiger partial charge in [0.1, 0.15) is 0 Å². The average molecular weight is 281 g/mol. The van der Waals surface area contributed by atoms with Gasteiger partial charge >= 0.3 is 0 Å². The molecule has 2 N–H and O–H groups in total. The van der Waals surface area contributed by atoms with Crippen molar-refractivity contribution in [2.45, 2.75) is 19.4 Å². The van der Waals surface area contributed by atoms with E-state index in [4.69, 9.17) is 5.73 Å². The number of benzene rings is 1. The SMILES string of the molecule is Cc1nn(C)cc1-n1cncc1[C@H](N)Cc1ccccc1. The molecule has 0 saturated carbocycles. The third-order valence-corrected chi connectivity index (χ3v) is 3.59. The highest BCUT2D eigenvalue weighted by atomic mass is 15.3. The first-order chi connectivity index (χ1) is 10.1. The Balaban J connectivity index is 1.90. The van der Waals surface area contributed by atoms with Gasteiger partial charge in [-0.05, 0) is 18.9 Å². The fraction of sp³-hybridized carbons (Fsp3) is 0.250. The molecule has 1 atom stereocenters. The van der Waals surface area contributed by atoms with E-state index in [0.717, 1.165) is 23.5 Å². The Morgan fingerprint density at radius 3 is 2.67 bits per heavy atom. The molecular weight excluding hydrogens is 262 g/mol. The summed E-state index contributed by atoms with van der Waals surface area (Å²) in [6.45, 7) is 1.99. The van der Waals surface area contributed by atoms with Crippen molar-refractivity contribution in [3.8, 4) is 5.69 Å². The Morgan fingerprint density at radius 2 is 2.00 bits per heavy atom. The summed E-state index contributed by atoms with van der Waals surface area (Å²) in [5, 5.41) is 4.38. The largest absolute Gasteiger partial charge is 0.322 e. The molecule has 21 heavy (non-hydrogen) atoms. The van der Waals surface area contributed by atoms with E-state index in [0.29, 0.717) is 0 Å². The smallest absolute Gasteiger partial charge is 0.0995 e. The summed E-state index contributed by atoms with van der Waals surface area (Å²) in [6.07, 6.45) is 6.39. The molecule has 108 valence electrons. The van der Waals surface area contributed by atoms with E-state index in [-0.39, 0.29) is 6.04 Å². The molecule has 5 heteroatoms. The maximum absolute atomic E-state index is 6.38. The van der Waals surface area contributed by atoms with E-state index < -0.39 is 0 Å². The lowest BCUT2D eigenvalue weighted by atomic mass is 10.0. The van der Waals surface area contributed by atoms with Crippen LogP contribution in [0.4, 0.5) is 0 Å². The molecule has 3 aromatic rings. The normalized spacial score (nSPS) is 12.5. The van der Waals surface area contributed by atoms with E-state index in [2.05, 4.69) is 22.2 Å². The summed E-state index contributed by atoms with van der Waals surface area (Å²) in [4.78, 5) is 4.26. The first-order valence-electron chi connectivity index (χ1n) is 6.97. The van der Waals surface area contributed by atoms with Gasteiger partial charge in [-0.2, -0.15) is 5.10 Å². The van der Waals surface area contributed by atoms with Gasteiger partial charge in [0, 0.05) is 13.2 Å². The standard InChI is InChI=1S/C16H19N5/c1-12-16(10-20(2)19-12)21-11-18-9-15(21)14(17)8-13-6-4-3-5-7-13/h3-7,9-11,14H,8,17H2,1-2H3/t14-/m1/s1. The van der Waals surface area contributed by atoms with Crippen molar-refractivity contribution in [1.29, 1.82) is 0 Å². The number of nitrogens with two attached hydrogens (primary N) is 1. The lowest BCUT2D eigenvalue weighted by Crippen LogP contribution is -2.17. The minimum Gasteiger partial charge on any atom is -0.322 e. The number of hydrogen-bond donors (Lipinski definition) is 1. The summed E-state index contributed by atoms with van der Waals surface area (Å²) in [6, 6.07) is 10.2. The Kier molecular flexibility index (Phi) is 3.58. The number of imidazole rings is 1. The highest BCUT2D eigenvalue weighted by Crippen LogP contribution is 2.21. The van der Waals surface area contributed by atoms with Gasteiger partial charge in [0.15, 0.2) is 0 Å². The third kappa shape index (κ3) is 2.73. The number of hydrogen-bond acceptors (Lipinski definition) is 3. The molecule has 0 bridgehead atoms. The number of rotatable bonds is 4. The average Bonchev–Trinajstić information content (AvgIpc) is 3.06. The topological polar surface area (TPSA) is 61.7 Å². The van der Waals surface area contributed by atoms with Gasteiger partial charge in [-0.1, -0.05) is 30.3 Å². The van der Waals surface area contributed by atoms with Crippen LogP contribution in [0, 0.1) is 6.92 Å². The van der Waals surface area contributed by atoms with Gasteiger partial charge in [-0.3, -0.25) is 9.25 Å². The van der Waals surface area contributed by atoms with Crippen LogP contribution in [-0.4, -0.2) is 19.3 Å². The van der Waals surface area contributed by atoms with Crippen LogP contribution in [0.15, 0.2) is 49.1 Å². The summed E-state index contributed by atoms with van der Waals surface area (Å²) in [7, 11) is 1.91. The van der Waals surface area contributed by atoms with E-state index >= 15 is 0 Å². The summed E-state index contributed by atoms with van der Waals surface area (Å²) < 4.78 is 3.83. The first kappa shape index (κ1) is 13.6. The number of aryl methyl sites for hydroxylation is 2. The zero-order chi connectivity index (χ0) is 14.8. The Labute approximate surface area is 124 Å². The van der Waals surface area contributed by atoms with Crippen molar-refractivity contribution in [1.82, 2.24) is 19.3 Å². The monoisotopic (exact) mass is 281 g/mol. The second kappa shape index (κ2) is 5.54. The fourth-order valence-corrected chi connectivity index (χ4v) is 2.58. The molecule has 3 rings (SSSR count). The van der Waals surface area contributed by atoms with Crippen LogP contribution < -0.4 is 5.73 Å². The molecule has 0 spiro atoms. The maximum Gasteiger partial charge on any atom is 0.0995 e. The summed E-state index contributed by atoms with van der Waals surface area (Å²) >= 11 is 0. The highest BCUT2D eigenvalue weighted by Gasteiger charge is 2.15. The molecule has 0 aliphatic heterocycles. The van der Waals surface area contributed by atoms with Crippen LogP contribution in [0.3, 0.4) is 0 Å². The molecule has 2 heterocycles. The van der Waals surface area contributed by atoms with Crippen LogP contribution in [0.25, 0.3) is 5.69 Å². The zero-order valence-corrected chi connectivity index (χ0v) is 12.3. The summed E-state index contributed by atoms with van der Waals surface area (Å²) in [5.41, 5.74) is 10.6. The van der Waals surface area contributed by atoms with Crippen molar-refractivity contribution in [3.63, 3.8) is 0 Å². The van der Waals surface area contributed by atoms with Crippen molar-refractivity contribution in [2.24, 2.45) is 12.8 Å². The van der Waals surface area contributed by atoms with E-state index in [1.807, 2.05) is 49.1 Å². The van der Waals surface area contributed by atoms with Gasteiger partial charge in [-0.25, -0.2) is 4.98 Å². The van der Waals surface area contributed by atoms with Crippen molar-refractivity contribution in [3.05, 3.63) is 66.0 Å². The molecule has 0 unspecified atom stereocenters. The van der Waals surface area contributed by atoms with Gasteiger partial charge in [0.05, 0.1) is 35.6 Å². The Bertz CT molecular complexity index is 726. The molecule has 0 amide bonds. The predicted octanol–water partition coefficient (Wildman–Crippen LogP) is 2.16. The molecular formula is C16H19N5. The van der Waals surface area contributed by atoms with E-state index in [9.17, 15) is 0 Å². The molecule has 1 aromatic carbocycles. The van der Waals surface area contributed by atoms with Crippen molar-refractivity contribution < 1.29 is 0 Å². The van der Waals surface area contributed by atoms with E-state index in [1.54, 1.807) is 11.0 Å². The minimum atomic E-state index is -0.102. The predicted molar refractivity (Wildman–Crippen MR) is 82.1 cm³/mol. The molecule has 0 aliphatic rings. The van der Waals surface area contributed by atoms with Crippen LogP contribution in [0.1, 0.15) is 23.0 Å². The molecule has 0 radical (unpaired) electrons. The van der Waals surface area contributed by atoms with Gasteiger partial charge in [0.25, 0.3) is 0 Å². The van der Waals surface area contributed by atoms with Gasteiger partial charge in [0.2, 0.25) is 0 Å². The lowest BCUT2D eigenvalue weighted by molar-refractivity contribution is 0.678. The fourth-order valence-electron chi connectivity index (χ4n) is 2.58. The van der Waals surface area contributed by atoms with Gasteiger partial charge in [-0.15, -0.1) is 0 Å². The van der Waals surface area contributed by atoms with Crippen molar-refractivity contribution >= 4 is 0 Å². The van der Waals surface area contributed by atoms with Crippen LogP contribution in [0.2, 0.25) is 0 Å². The molecule has 2 aromatic heterocycles. The number of nitrogens with zero attached hydrogens (tertiary/aromatic N) is 4. The van der Waals surface area contributed by atoms with E-state index in [1.165, 1.54) is 5.56 Å². The molecule has 5 nitrogen and oxygen atoms in total. The maximum atomic E-state index is 6.38. The summed E-state index contributed by atoms with van der Waals surface area (Å²) in [5.74, 6) is 0. The van der Waals surface area contributed by atoms with Crippen LogP contribution in [-0.2, 0) is 13.5 Å². The van der Waals surface area contributed by atoms with Gasteiger partial charge < -0.3 is 5.73 Å². The highest BCUT2D eigenvalue weighted by molar-refractivity contribution is 5.36. The molecule has 0 fully saturated rings. The Hall–Kier alpha value is -2.40. The van der Waals surface area contributed by atoms with Crippen LogP contribution in [0.5, 0.6) is 0 Å². The van der Waals surface area contributed by atoms with Crippen molar-refractivity contribution in [2.75, 3.05) is 0 Å². The lowest BCUT2D eigenvalue weighted by Gasteiger charge is -2.14. The number of aromatic nitrogens is 4. The minimum absolute atomic E-state index is 0.102. The second-order valence-electron chi connectivity index (χ2n) is 5.26. The molecule has 0 aliphatic carbocycles. The second-order valence-corrected chi connectivity index (χ2v) is 5.26.